The number of ether oxygens (including phenoxy) is 1. The number of carbonyl (C=O) groups is 1. The summed E-state index contributed by atoms with van der Waals surface area (Å²) >= 11 is 18.8. The normalized spacial score (nSPS) is 10.7. The van der Waals surface area contributed by atoms with Gasteiger partial charge in [0.1, 0.15) is 12.2 Å². The Morgan fingerprint density at radius 1 is 0.853 bits per heavy atom. The van der Waals surface area contributed by atoms with Crippen molar-refractivity contribution in [3.05, 3.63) is 105 Å². The number of hydrogen-bond acceptors (Lipinski definition) is 3. The molecule has 0 saturated carbocycles. The van der Waals surface area contributed by atoms with Gasteiger partial charge in [0.15, 0.2) is 0 Å². The monoisotopic (exact) mass is 510 g/mol. The Hall–Kier alpha value is -3.05. The van der Waals surface area contributed by atoms with Crippen molar-refractivity contribution in [3.8, 4) is 28.3 Å². The molecule has 0 aliphatic heterocycles. The predicted molar refractivity (Wildman–Crippen MR) is 139 cm³/mol. The lowest BCUT2D eigenvalue weighted by Gasteiger charge is -2.19. The second kappa shape index (κ2) is 10.5. The van der Waals surface area contributed by atoms with Gasteiger partial charge < -0.3 is 9.64 Å². The molecular formula is C27H21Cl3N2O2. The van der Waals surface area contributed by atoms with Crippen molar-refractivity contribution in [1.29, 1.82) is 0 Å². The summed E-state index contributed by atoms with van der Waals surface area (Å²) in [6.07, 6.45) is 0. The summed E-state index contributed by atoms with van der Waals surface area (Å²) in [6.45, 7) is 0.260. The van der Waals surface area contributed by atoms with E-state index in [0.717, 1.165) is 16.7 Å². The van der Waals surface area contributed by atoms with Crippen molar-refractivity contribution in [3.63, 3.8) is 0 Å². The van der Waals surface area contributed by atoms with Crippen LogP contribution in [0.5, 0.6) is 5.88 Å². The highest BCUT2D eigenvalue weighted by Gasteiger charge is 2.23. The SMILES string of the molecule is CN(C)C(=O)c1cc(-c2ccc(Cl)cc2)c(-c2ccc(Cl)cc2Cl)nc1OCc1ccccc1. The van der Waals surface area contributed by atoms with Gasteiger partial charge in [0.05, 0.1) is 10.7 Å². The zero-order chi connectivity index (χ0) is 24.2. The molecule has 34 heavy (non-hydrogen) atoms. The Balaban J connectivity index is 1.92. The molecule has 0 bridgehead atoms. The summed E-state index contributed by atoms with van der Waals surface area (Å²) in [6, 6.07) is 24.0. The summed E-state index contributed by atoms with van der Waals surface area (Å²) in [5, 5.41) is 1.56. The van der Waals surface area contributed by atoms with E-state index in [1.54, 1.807) is 50.5 Å². The predicted octanol–water partition coefficient (Wildman–Crippen LogP) is 7.66. The number of aromatic nitrogens is 1. The summed E-state index contributed by atoms with van der Waals surface area (Å²) in [5.41, 5.74) is 4.10. The maximum absolute atomic E-state index is 13.1. The lowest BCUT2D eigenvalue weighted by Crippen LogP contribution is -2.23. The van der Waals surface area contributed by atoms with Crippen LogP contribution in [-0.4, -0.2) is 29.9 Å². The van der Waals surface area contributed by atoms with Crippen LogP contribution in [0.2, 0.25) is 15.1 Å². The highest BCUT2D eigenvalue weighted by Crippen LogP contribution is 2.39. The minimum Gasteiger partial charge on any atom is -0.472 e. The first-order chi connectivity index (χ1) is 16.3. The minimum absolute atomic E-state index is 0.223. The maximum Gasteiger partial charge on any atom is 0.258 e. The van der Waals surface area contributed by atoms with Gasteiger partial charge in [0, 0.05) is 35.3 Å². The molecule has 4 aromatic rings. The van der Waals surface area contributed by atoms with E-state index in [1.807, 2.05) is 42.5 Å². The van der Waals surface area contributed by atoms with Crippen LogP contribution in [0.15, 0.2) is 78.9 Å². The largest absolute Gasteiger partial charge is 0.472 e. The molecule has 0 saturated heterocycles. The number of nitrogens with zero attached hydrogens (tertiary/aromatic N) is 2. The van der Waals surface area contributed by atoms with Crippen LogP contribution >= 0.6 is 34.8 Å². The van der Waals surface area contributed by atoms with Gasteiger partial charge in [-0.15, -0.1) is 0 Å². The summed E-state index contributed by atoms with van der Waals surface area (Å²) in [7, 11) is 3.38. The van der Waals surface area contributed by atoms with Crippen molar-refractivity contribution >= 4 is 40.7 Å². The van der Waals surface area contributed by atoms with E-state index in [1.165, 1.54) is 4.90 Å². The number of benzene rings is 3. The van der Waals surface area contributed by atoms with E-state index in [-0.39, 0.29) is 18.4 Å². The van der Waals surface area contributed by atoms with Gasteiger partial charge in [-0.1, -0.05) is 77.3 Å². The molecule has 7 heteroatoms. The Labute approximate surface area is 213 Å². The maximum atomic E-state index is 13.1. The molecule has 0 radical (unpaired) electrons. The summed E-state index contributed by atoms with van der Waals surface area (Å²) < 4.78 is 6.08. The van der Waals surface area contributed by atoms with Gasteiger partial charge >= 0.3 is 0 Å². The second-order valence-corrected chi connectivity index (χ2v) is 9.12. The van der Waals surface area contributed by atoms with Crippen molar-refractivity contribution in [2.24, 2.45) is 0 Å². The molecule has 0 N–H and O–H groups in total. The van der Waals surface area contributed by atoms with Gasteiger partial charge in [-0.3, -0.25) is 4.79 Å². The number of carbonyl (C=O) groups excluding carboxylic acids is 1. The van der Waals surface area contributed by atoms with Crippen molar-refractivity contribution < 1.29 is 9.53 Å². The van der Waals surface area contributed by atoms with E-state index in [4.69, 9.17) is 44.5 Å². The topological polar surface area (TPSA) is 42.4 Å². The van der Waals surface area contributed by atoms with E-state index >= 15 is 0 Å². The van der Waals surface area contributed by atoms with Gasteiger partial charge in [-0.25, -0.2) is 4.98 Å². The number of halogens is 3. The number of amides is 1. The van der Waals surface area contributed by atoms with E-state index < -0.39 is 0 Å². The highest BCUT2D eigenvalue weighted by atomic mass is 35.5. The molecule has 1 amide bonds. The first-order valence-corrected chi connectivity index (χ1v) is 11.6. The number of hydrogen-bond donors (Lipinski definition) is 0. The lowest BCUT2D eigenvalue weighted by molar-refractivity contribution is 0.0821. The molecule has 0 atom stereocenters. The smallest absolute Gasteiger partial charge is 0.258 e. The molecule has 1 heterocycles. The first kappa shape index (κ1) is 24.1. The standard InChI is InChI=1S/C27H21Cl3N2O2/c1-32(2)27(33)23-15-22(18-8-10-19(28)11-9-18)25(21-13-12-20(29)14-24(21)30)31-26(23)34-16-17-6-4-3-5-7-17/h3-15H,16H2,1-2H3. The fraction of sp³-hybridized carbons (Fsp3) is 0.111. The van der Waals surface area contributed by atoms with Crippen LogP contribution in [0.4, 0.5) is 0 Å². The van der Waals surface area contributed by atoms with Gasteiger partial charge in [0.25, 0.3) is 5.91 Å². The van der Waals surface area contributed by atoms with Gasteiger partial charge in [0.2, 0.25) is 5.88 Å². The fourth-order valence-corrected chi connectivity index (χ4v) is 4.09. The van der Waals surface area contributed by atoms with E-state index in [2.05, 4.69) is 0 Å². The number of rotatable bonds is 6. The van der Waals surface area contributed by atoms with Crippen molar-refractivity contribution in [2.45, 2.75) is 6.61 Å². The van der Waals surface area contributed by atoms with Crippen molar-refractivity contribution in [2.75, 3.05) is 14.1 Å². The van der Waals surface area contributed by atoms with Gasteiger partial charge in [-0.05, 0) is 47.5 Å². The molecule has 4 nitrogen and oxygen atoms in total. The van der Waals surface area contributed by atoms with E-state index in [9.17, 15) is 4.79 Å². The molecule has 1 aromatic heterocycles. The Bertz CT molecular complexity index is 1320. The molecule has 3 aromatic carbocycles. The van der Waals surface area contributed by atoms with Gasteiger partial charge in [-0.2, -0.15) is 0 Å². The van der Waals surface area contributed by atoms with Crippen LogP contribution in [-0.2, 0) is 6.61 Å². The third-order valence-corrected chi connectivity index (χ3v) is 5.98. The quantitative estimate of drug-likeness (QED) is 0.267. The molecule has 4 rings (SSSR count). The third kappa shape index (κ3) is 5.36. The zero-order valence-corrected chi connectivity index (χ0v) is 20.8. The number of pyridine rings is 1. The third-order valence-electron chi connectivity index (χ3n) is 5.18. The molecule has 0 spiro atoms. The van der Waals surface area contributed by atoms with E-state index in [0.29, 0.717) is 31.9 Å². The fourth-order valence-electron chi connectivity index (χ4n) is 3.46. The molecular weight excluding hydrogens is 491 g/mol. The molecule has 0 aliphatic carbocycles. The van der Waals surface area contributed by atoms with Crippen molar-refractivity contribution in [1.82, 2.24) is 9.88 Å². The molecule has 0 fully saturated rings. The van der Waals surface area contributed by atoms with Crippen LogP contribution in [0.1, 0.15) is 15.9 Å². The second-order valence-electron chi connectivity index (χ2n) is 7.84. The highest BCUT2D eigenvalue weighted by molar-refractivity contribution is 6.36. The summed E-state index contributed by atoms with van der Waals surface area (Å²) in [5.74, 6) is 0.000751. The zero-order valence-electron chi connectivity index (χ0n) is 18.6. The van der Waals surface area contributed by atoms with Crippen LogP contribution < -0.4 is 4.74 Å². The average Bonchev–Trinajstić information content (AvgIpc) is 2.83. The lowest BCUT2D eigenvalue weighted by atomic mass is 9.97. The minimum atomic E-state index is -0.223. The van der Waals surface area contributed by atoms with Crippen LogP contribution in [0.25, 0.3) is 22.4 Å². The average molecular weight is 512 g/mol. The molecule has 172 valence electrons. The molecule has 0 unspecified atom stereocenters. The summed E-state index contributed by atoms with van der Waals surface area (Å²) in [4.78, 5) is 19.4. The van der Waals surface area contributed by atoms with Crippen LogP contribution in [0.3, 0.4) is 0 Å². The Kier molecular flexibility index (Phi) is 7.42. The van der Waals surface area contributed by atoms with Crippen LogP contribution in [0, 0.1) is 0 Å². The Morgan fingerprint density at radius 3 is 2.18 bits per heavy atom. The molecule has 0 aliphatic rings. The Morgan fingerprint density at radius 2 is 1.53 bits per heavy atom. The first-order valence-electron chi connectivity index (χ1n) is 10.5.